The van der Waals surface area contributed by atoms with Crippen molar-refractivity contribution in [1.82, 2.24) is 0 Å². The van der Waals surface area contributed by atoms with Gasteiger partial charge in [0.2, 0.25) is 11.6 Å². The smallest absolute Gasteiger partial charge is 0.342 e. The molecule has 0 amide bonds. The molecule has 1 unspecified atom stereocenters. The second kappa shape index (κ2) is 5.13. The van der Waals surface area contributed by atoms with Gasteiger partial charge in [0.1, 0.15) is 11.6 Å². The standard InChI is InChI=1S/C15H17FO5/c1-14(2)20-13(17)11(15(3,18)21-14)7-9-5-6-10(19-4)8-12(9)16/h5-8,18H,1-4H3/b11-7-. The first-order chi connectivity index (χ1) is 9.64. The number of hydrogen-bond donors (Lipinski definition) is 1. The zero-order valence-electron chi connectivity index (χ0n) is 12.3. The number of methoxy groups -OCH3 is 1. The Morgan fingerprint density at radius 2 is 2.00 bits per heavy atom. The minimum absolute atomic E-state index is 0.117. The van der Waals surface area contributed by atoms with Crippen LogP contribution in [0.25, 0.3) is 6.08 Å². The fourth-order valence-corrected chi connectivity index (χ4v) is 2.12. The minimum atomic E-state index is -1.87. The molecule has 2 rings (SSSR count). The third kappa shape index (κ3) is 3.22. The number of rotatable bonds is 2. The summed E-state index contributed by atoms with van der Waals surface area (Å²) in [6.07, 6.45) is 1.20. The number of ether oxygens (including phenoxy) is 3. The van der Waals surface area contributed by atoms with Gasteiger partial charge in [-0.3, -0.25) is 0 Å². The first-order valence-corrected chi connectivity index (χ1v) is 6.36. The number of carbonyl (C=O) groups is 1. The summed E-state index contributed by atoms with van der Waals surface area (Å²) in [5.74, 6) is -4.12. The van der Waals surface area contributed by atoms with E-state index in [1.54, 1.807) is 6.07 Å². The summed E-state index contributed by atoms with van der Waals surface area (Å²) in [6, 6.07) is 4.16. The van der Waals surface area contributed by atoms with E-state index in [4.69, 9.17) is 14.2 Å². The predicted octanol–water partition coefficient (Wildman–Crippen LogP) is 2.24. The van der Waals surface area contributed by atoms with Crippen LogP contribution in [0.1, 0.15) is 26.3 Å². The van der Waals surface area contributed by atoms with Gasteiger partial charge in [-0.05, 0) is 25.1 Å². The van der Waals surface area contributed by atoms with Crippen LogP contribution in [0.5, 0.6) is 5.75 Å². The molecule has 114 valence electrons. The molecule has 1 heterocycles. The molecular formula is C15H17FO5. The zero-order chi connectivity index (χ0) is 15.8. The summed E-state index contributed by atoms with van der Waals surface area (Å²) in [5, 5.41) is 10.3. The summed E-state index contributed by atoms with van der Waals surface area (Å²) in [5.41, 5.74) is -0.0581. The molecular weight excluding hydrogens is 279 g/mol. The Morgan fingerprint density at radius 1 is 1.33 bits per heavy atom. The van der Waals surface area contributed by atoms with Crippen molar-refractivity contribution in [2.75, 3.05) is 7.11 Å². The van der Waals surface area contributed by atoms with E-state index in [2.05, 4.69) is 0 Å². The molecule has 0 bridgehead atoms. The van der Waals surface area contributed by atoms with Gasteiger partial charge in [0.05, 0.1) is 12.7 Å². The van der Waals surface area contributed by atoms with Crippen molar-refractivity contribution in [3.8, 4) is 5.75 Å². The molecule has 1 saturated heterocycles. The van der Waals surface area contributed by atoms with Crippen molar-refractivity contribution in [2.45, 2.75) is 32.3 Å². The number of hydrogen-bond acceptors (Lipinski definition) is 5. The first kappa shape index (κ1) is 15.5. The summed E-state index contributed by atoms with van der Waals surface area (Å²) in [4.78, 5) is 12.0. The van der Waals surface area contributed by atoms with Crippen molar-refractivity contribution >= 4 is 12.0 Å². The number of esters is 1. The van der Waals surface area contributed by atoms with Crippen molar-refractivity contribution < 1.29 is 28.5 Å². The monoisotopic (exact) mass is 296 g/mol. The lowest BCUT2D eigenvalue weighted by Crippen LogP contribution is -2.51. The van der Waals surface area contributed by atoms with Gasteiger partial charge in [0.15, 0.2) is 0 Å². The number of benzene rings is 1. The van der Waals surface area contributed by atoms with Crippen LogP contribution >= 0.6 is 0 Å². The minimum Gasteiger partial charge on any atom is -0.497 e. The predicted molar refractivity (Wildman–Crippen MR) is 72.8 cm³/mol. The average Bonchev–Trinajstić information content (AvgIpc) is 2.33. The third-order valence-electron chi connectivity index (χ3n) is 3.01. The van der Waals surface area contributed by atoms with Gasteiger partial charge in [-0.1, -0.05) is 0 Å². The van der Waals surface area contributed by atoms with E-state index in [0.29, 0.717) is 5.75 Å². The van der Waals surface area contributed by atoms with Crippen LogP contribution < -0.4 is 4.74 Å². The molecule has 0 spiro atoms. The molecule has 1 atom stereocenters. The topological polar surface area (TPSA) is 65.0 Å². The van der Waals surface area contributed by atoms with Gasteiger partial charge in [-0.15, -0.1) is 0 Å². The van der Waals surface area contributed by atoms with Gasteiger partial charge in [-0.25, -0.2) is 9.18 Å². The van der Waals surface area contributed by atoms with E-state index in [1.165, 1.54) is 46.1 Å². The summed E-state index contributed by atoms with van der Waals surface area (Å²) >= 11 is 0. The van der Waals surface area contributed by atoms with Crippen LogP contribution in [-0.4, -0.2) is 29.8 Å². The molecule has 5 nitrogen and oxygen atoms in total. The molecule has 0 aliphatic carbocycles. The van der Waals surface area contributed by atoms with Crippen molar-refractivity contribution in [2.24, 2.45) is 0 Å². The maximum atomic E-state index is 13.9. The summed E-state index contributed by atoms with van der Waals surface area (Å²) in [7, 11) is 1.42. The van der Waals surface area contributed by atoms with Crippen LogP contribution in [0, 0.1) is 5.82 Å². The van der Waals surface area contributed by atoms with Gasteiger partial charge < -0.3 is 19.3 Å². The molecule has 6 heteroatoms. The second-order valence-electron chi connectivity index (χ2n) is 5.32. The van der Waals surface area contributed by atoms with Gasteiger partial charge in [0, 0.05) is 25.5 Å². The Morgan fingerprint density at radius 3 is 2.52 bits per heavy atom. The molecule has 1 fully saturated rings. The fourth-order valence-electron chi connectivity index (χ4n) is 2.12. The van der Waals surface area contributed by atoms with Gasteiger partial charge in [-0.2, -0.15) is 0 Å². The van der Waals surface area contributed by atoms with E-state index in [9.17, 15) is 14.3 Å². The highest BCUT2D eigenvalue weighted by Gasteiger charge is 2.46. The van der Waals surface area contributed by atoms with Crippen molar-refractivity contribution in [1.29, 1.82) is 0 Å². The average molecular weight is 296 g/mol. The van der Waals surface area contributed by atoms with Crippen molar-refractivity contribution in [3.63, 3.8) is 0 Å². The van der Waals surface area contributed by atoms with Crippen molar-refractivity contribution in [3.05, 3.63) is 35.2 Å². The van der Waals surface area contributed by atoms with E-state index in [0.717, 1.165) is 0 Å². The van der Waals surface area contributed by atoms with Crippen LogP contribution in [0.4, 0.5) is 4.39 Å². The van der Waals surface area contributed by atoms with Crippen LogP contribution in [0.2, 0.25) is 0 Å². The Hall–Kier alpha value is -1.92. The normalized spacial score (nSPS) is 26.6. The van der Waals surface area contributed by atoms with Crippen LogP contribution in [0.3, 0.4) is 0 Å². The highest BCUT2D eigenvalue weighted by atomic mass is 19.1. The number of aliphatic hydroxyl groups is 1. The lowest BCUT2D eigenvalue weighted by molar-refractivity contribution is -0.319. The third-order valence-corrected chi connectivity index (χ3v) is 3.01. The Kier molecular flexibility index (Phi) is 3.78. The fraction of sp³-hybridized carbons (Fsp3) is 0.400. The molecule has 0 saturated carbocycles. The lowest BCUT2D eigenvalue weighted by atomic mass is 10.0. The Balaban J connectivity index is 2.42. The number of halogens is 1. The lowest BCUT2D eigenvalue weighted by Gasteiger charge is -2.40. The van der Waals surface area contributed by atoms with E-state index in [-0.39, 0.29) is 11.1 Å². The quantitative estimate of drug-likeness (QED) is 0.670. The molecule has 1 aliphatic heterocycles. The summed E-state index contributed by atoms with van der Waals surface area (Å²) < 4.78 is 29.2. The van der Waals surface area contributed by atoms with Crippen LogP contribution in [-0.2, 0) is 14.3 Å². The van der Waals surface area contributed by atoms with Gasteiger partial charge in [0.25, 0.3) is 0 Å². The second-order valence-corrected chi connectivity index (χ2v) is 5.32. The molecule has 1 N–H and O–H groups in total. The SMILES string of the molecule is COc1ccc(/C=C2/C(=O)OC(C)(C)OC2(C)O)c(F)c1. The first-order valence-electron chi connectivity index (χ1n) is 6.36. The van der Waals surface area contributed by atoms with E-state index >= 15 is 0 Å². The van der Waals surface area contributed by atoms with Gasteiger partial charge >= 0.3 is 5.97 Å². The zero-order valence-corrected chi connectivity index (χ0v) is 12.3. The van der Waals surface area contributed by atoms with E-state index in [1.807, 2.05) is 0 Å². The molecule has 1 aromatic carbocycles. The maximum absolute atomic E-state index is 13.9. The molecule has 0 radical (unpaired) electrons. The molecule has 1 aliphatic rings. The Labute approximate surface area is 121 Å². The summed E-state index contributed by atoms with van der Waals surface area (Å²) in [6.45, 7) is 4.32. The highest BCUT2D eigenvalue weighted by Crippen LogP contribution is 2.34. The van der Waals surface area contributed by atoms with E-state index < -0.39 is 23.4 Å². The number of cyclic esters (lactones) is 1. The molecule has 21 heavy (non-hydrogen) atoms. The molecule has 1 aromatic rings. The largest absolute Gasteiger partial charge is 0.497 e. The van der Waals surface area contributed by atoms with Crippen LogP contribution in [0.15, 0.2) is 23.8 Å². The number of carbonyl (C=O) groups excluding carboxylic acids is 1. The molecule has 0 aromatic heterocycles. The maximum Gasteiger partial charge on any atom is 0.342 e. The highest BCUT2D eigenvalue weighted by molar-refractivity contribution is 5.96. The Bertz CT molecular complexity index is 604.